The van der Waals surface area contributed by atoms with E-state index in [0.717, 1.165) is 31.1 Å². The number of nitrogens with one attached hydrogen (secondary N) is 1. The molecule has 96 valence electrons. The molecule has 0 bridgehead atoms. The van der Waals surface area contributed by atoms with Gasteiger partial charge in [0.25, 0.3) is 0 Å². The zero-order chi connectivity index (χ0) is 13.0. The molecule has 5 nitrogen and oxygen atoms in total. The standard InChI is InChI=1S/C13H18N4O/c1-10-5-11(7-14)6-13(16-10)17-3-4-18-12(9-17)8-15-2/h5-6,12,15H,3-4,8-9H2,1-2H3. The fourth-order valence-electron chi connectivity index (χ4n) is 2.16. The van der Waals surface area contributed by atoms with Gasteiger partial charge in [0.15, 0.2) is 0 Å². The number of nitrogens with zero attached hydrogens (tertiary/aromatic N) is 3. The minimum atomic E-state index is 0.177. The van der Waals surface area contributed by atoms with Crippen molar-refractivity contribution in [3.8, 4) is 6.07 Å². The second-order valence-corrected chi connectivity index (χ2v) is 4.46. The van der Waals surface area contributed by atoms with Crippen LogP contribution in [0.3, 0.4) is 0 Å². The molecule has 0 amide bonds. The van der Waals surface area contributed by atoms with Crippen molar-refractivity contribution in [1.82, 2.24) is 10.3 Å². The molecule has 1 aliphatic rings. The van der Waals surface area contributed by atoms with Gasteiger partial charge in [-0.3, -0.25) is 0 Å². The summed E-state index contributed by atoms with van der Waals surface area (Å²) < 4.78 is 5.66. The summed E-state index contributed by atoms with van der Waals surface area (Å²) in [6, 6.07) is 5.82. The molecule has 1 aromatic rings. The summed E-state index contributed by atoms with van der Waals surface area (Å²) in [6.45, 7) is 5.07. The molecule has 1 N–H and O–H groups in total. The summed E-state index contributed by atoms with van der Waals surface area (Å²) in [5.74, 6) is 0.871. The van der Waals surface area contributed by atoms with Gasteiger partial charge in [-0.25, -0.2) is 4.98 Å². The van der Waals surface area contributed by atoms with E-state index < -0.39 is 0 Å². The molecule has 1 saturated heterocycles. The predicted molar refractivity (Wildman–Crippen MR) is 69.6 cm³/mol. The quantitative estimate of drug-likeness (QED) is 0.850. The third-order valence-corrected chi connectivity index (χ3v) is 2.96. The van der Waals surface area contributed by atoms with Crippen LogP contribution in [0, 0.1) is 18.3 Å². The minimum absolute atomic E-state index is 0.177. The molecule has 0 saturated carbocycles. The van der Waals surface area contributed by atoms with E-state index in [1.807, 2.05) is 20.0 Å². The lowest BCUT2D eigenvalue weighted by molar-refractivity contribution is 0.0419. The Balaban J connectivity index is 2.15. The Labute approximate surface area is 107 Å². The molecule has 0 aromatic carbocycles. The van der Waals surface area contributed by atoms with Crippen LogP contribution in [0.1, 0.15) is 11.3 Å². The molecule has 1 aromatic heterocycles. The van der Waals surface area contributed by atoms with Crippen LogP contribution >= 0.6 is 0 Å². The van der Waals surface area contributed by atoms with Crippen LogP contribution in [-0.4, -0.2) is 44.4 Å². The minimum Gasteiger partial charge on any atom is -0.373 e. The van der Waals surface area contributed by atoms with Crippen LogP contribution in [0.2, 0.25) is 0 Å². The number of ether oxygens (including phenoxy) is 1. The number of pyridine rings is 1. The average molecular weight is 246 g/mol. The van der Waals surface area contributed by atoms with Crippen molar-refractivity contribution in [1.29, 1.82) is 5.26 Å². The van der Waals surface area contributed by atoms with Crippen molar-refractivity contribution < 1.29 is 4.74 Å². The van der Waals surface area contributed by atoms with E-state index in [0.29, 0.717) is 12.2 Å². The Bertz CT molecular complexity index is 453. The lowest BCUT2D eigenvalue weighted by atomic mass is 10.2. The lowest BCUT2D eigenvalue weighted by Gasteiger charge is -2.33. The monoisotopic (exact) mass is 246 g/mol. The predicted octanol–water partition coefficient (Wildman–Crippen LogP) is 0.686. The molecule has 0 radical (unpaired) electrons. The molecule has 5 heteroatoms. The largest absolute Gasteiger partial charge is 0.373 e. The van der Waals surface area contributed by atoms with Crippen molar-refractivity contribution in [2.45, 2.75) is 13.0 Å². The van der Waals surface area contributed by atoms with Gasteiger partial charge >= 0.3 is 0 Å². The van der Waals surface area contributed by atoms with Crippen LogP contribution in [0.15, 0.2) is 12.1 Å². The molecule has 1 fully saturated rings. The molecular weight excluding hydrogens is 228 g/mol. The van der Waals surface area contributed by atoms with Gasteiger partial charge in [-0.15, -0.1) is 0 Å². The summed E-state index contributed by atoms with van der Waals surface area (Å²) in [5, 5.41) is 12.1. The number of hydrogen-bond donors (Lipinski definition) is 1. The van der Waals surface area contributed by atoms with Gasteiger partial charge in [0.1, 0.15) is 5.82 Å². The maximum atomic E-state index is 8.99. The Morgan fingerprint density at radius 1 is 1.61 bits per heavy atom. The summed E-state index contributed by atoms with van der Waals surface area (Å²) >= 11 is 0. The molecule has 1 aliphatic heterocycles. The van der Waals surface area contributed by atoms with Crippen molar-refractivity contribution in [3.63, 3.8) is 0 Å². The number of anilines is 1. The van der Waals surface area contributed by atoms with Crippen LogP contribution in [0.5, 0.6) is 0 Å². The molecular formula is C13H18N4O. The number of aryl methyl sites for hydroxylation is 1. The Morgan fingerprint density at radius 2 is 2.44 bits per heavy atom. The van der Waals surface area contributed by atoms with Crippen LogP contribution in [0.4, 0.5) is 5.82 Å². The van der Waals surface area contributed by atoms with Crippen molar-refractivity contribution in [3.05, 3.63) is 23.4 Å². The number of likely N-dealkylation sites (N-methyl/N-ethyl adjacent to an activating group) is 1. The molecule has 1 unspecified atom stereocenters. The summed E-state index contributed by atoms with van der Waals surface area (Å²) in [4.78, 5) is 6.68. The Kier molecular flexibility index (Phi) is 4.13. The van der Waals surface area contributed by atoms with Gasteiger partial charge in [0.2, 0.25) is 0 Å². The number of hydrogen-bond acceptors (Lipinski definition) is 5. The van der Waals surface area contributed by atoms with E-state index in [1.165, 1.54) is 0 Å². The molecule has 2 rings (SSSR count). The zero-order valence-corrected chi connectivity index (χ0v) is 10.8. The van der Waals surface area contributed by atoms with Gasteiger partial charge in [0.05, 0.1) is 24.3 Å². The first-order chi connectivity index (χ1) is 8.72. The number of rotatable bonds is 3. The summed E-state index contributed by atoms with van der Waals surface area (Å²) in [7, 11) is 1.92. The number of aromatic nitrogens is 1. The topological polar surface area (TPSA) is 61.2 Å². The number of nitriles is 1. The van der Waals surface area contributed by atoms with E-state index in [2.05, 4.69) is 21.3 Å². The maximum Gasteiger partial charge on any atom is 0.130 e. The normalized spacial score (nSPS) is 19.6. The fraction of sp³-hybridized carbons (Fsp3) is 0.538. The highest BCUT2D eigenvalue weighted by Gasteiger charge is 2.21. The van der Waals surface area contributed by atoms with E-state index in [-0.39, 0.29) is 6.10 Å². The summed E-state index contributed by atoms with van der Waals surface area (Å²) in [6.07, 6.45) is 0.177. The van der Waals surface area contributed by atoms with Gasteiger partial charge in [-0.2, -0.15) is 5.26 Å². The Hall–Kier alpha value is -1.64. The van der Waals surface area contributed by atoms with E-state index >= 15 is 0 Å². The SMILES string of the molecule is CNCC1CN(c2cc(C#N)cc(C)n2)CCO1. The third kappa shape index (κ3) is 2.97. The fourth-order valence-corrected chi connectivity index (χ4v) is 2.16. The maximum absolute atomic E-state index is 8.99. The highest BCUT2D eigenvalue weighted by atomic mass is 16.5. The molecule has 0 aliphatic carbocycles. The zero-order valence-electron chi connectivity index (χ0n) is 10.8. The van der Waals surface area contributed by atoms with Crippen molar-refractivity contribution >= 4 is 5.82 Å². The van der Waals surface area contributed by atoms with E-state index in [4.69, 9.17) is 10.00 Å². The van der Waals surface area contributed by atoms with Gasteiger partial charge in [-0.05, 0) is 26.1 Å². The van der Waals surface area contributed by atoms with Crippen LogP contribution < -0.4 is 10.2 Å². The highest BCUT2D eigenvalue weighted by Crippen LogP contribution is 2.17. The van der Waals surface area contributed by atoms with Gasteiger partial charge in [-0.1, -0.05) is 0 Å². The third-order valence-electron chi connectivity index (χ3n) is 2.96. The molecule has 1 atom stereocenters. The van der Waals surface area contributed by atoms with Gasteiger partial charge < -0.3 is 15.0 Å². The van der Waals surface area contributed by atoms with E-state index in [1.54, 1.807) is 6.07 Å². The van der Waals surface area contributed by atoms with Gasteiger partial charge in [0, 0.05) is 25.3 Å². The van der Waals surface area contributed by atoms with Crippen LogP contribution in [-0.2, 0) is 4.74 Å². The first kappa shape index (κ1) is 12.8. The lowest BCUT2D eigenvalue weighted by Crippen LogP contribution is -2.46. The Morgan fingerprint density at radius 3 is 3.17 bits per heavy atom. The van der Waals surface area contributed by atoms with Crippen molar-refractivity contribution in [2.24, 2.45) is 0 Å². The first-order valence-corrected chi connectivity index (χ1v) is 6.13. The average Bonchev–Trinajstić information content (AvgIpc) is 2.39. The smallest absolute Gasteiger partial charge is 0.130 e. The molecule has 18 heavy (non-hydrogen) atoms. The molecule has 2 heterocycles. The highest BCUT2D eigenvalue weighted by molar-refractivity contribution is 5.47. The first-order valence-electron chi connectivity index (χ1n) is 6.13. The molecule has 0 spiro atoms. The van der Waals surface area contributed by atoms with Crippen molar-refractivity contribution in [2.75, 3.05) is 38.2 Å². The second-order valence-electron chi connectivity index (χ2n) is 4.46. The second kappa shape index (κ2) is 5.80. The van der Waals surface area contributed by atoms with Crippen LogP contribution in [0.25, 0.3) is 0 Å². The number of morpholine rings is 1. The van der Waals surface area contributed by atoms with E-state index in [9.17, 15) is 0 Å². The summed E-state index contributed by atoms with van der Waals surface area (Å²) in [5.41, 5.74) is 1.54.